The predicted molar refractivity (Wildman–Crippen MR) is 119 cm³/mol. The molecular formula is C23H32N2O4S. The third kappa shape index (κ3) is 5.02. The number of sulfonamides is 1. The largest absolute Gasteiger partial charge is 0.496 e. The molecule has 0 aliphatic rings. The lowest BCUT2D eigenvalue weighted by molar-refractivity contribution is -0.123. The normalized spacial score (nSPS) is 13.6. The Hall–Kier alpha value is -2.38. The van der Waals surface area contributed by atoms with Crippen molar-refractivity contribution in [1.82, 2.24) is 10.0 Å². The number of carbonyl (C=O) groups excluding carboxylic acids is 1. The van der Waals surface area contributed by atoms with Crippen molar-refractivity contribution in [2.45, 2.75) is 65.4 Å². The van der Waals surface area contributed by atoms with E-state index >= 15 is 0 Å². The molecule has 0 saturated carbocycles. The second-order valence-electron chi connectivity index (χ2n) is 7.91. The average molecular weight is 433 g/mol. The molecule has 1 unspecified atom stereocenters. The van der Waals surface area contributed by atoms with Gasteiger partial charge in [0.15, 0.2) is 0 Å². The summed E-state index contributed by atoms with van der Waals surface area (Å²) >= 11 is 0. The van der Waals surface area contributed by atoms with Crippen LogP contribution in [0.2, 0.25) is 0 Å². The minimum Gasteiger partial charge on any atom is -0.496 e. The fourth-order valence-electron chi connectivity index (χ4n) is 3.54. The Labute approximate surface area is 180 Å². The smallest absolute Gasteiger partial charge is 0.241 e. The minimum absolute atomic E-state index is 0.244. The number of ether oxygens (including phenoxy) is 1. The van der Waals surface area contributed by atoms with Crippen molar-refractivity contribution in [3.8, 4) is 5.75 Å². The highest BCUT2D eigenvalue weighted by Crippen LogP contribution is 2.27. The molecule has 0 radical (unpaired) electrons. The molecule has 0 bridgehead atoms. The van der Waals surface area contributed by atoms with E-state index in [0.29, 0.717) is 16.9 Å². The Balaban J connectivity index is 2.23. The molecule has 0 aliphatic heterocycles. The van der Waals surface area contributed by atoms with Gasteiger partial charge < -0.3 is 10.1 Å². The fourth-order valence-corrected chi connectivity index (χ4v) is 5.36. The maximum absolute atomic E-state index is 13.1. The molecule has 2 rings (SSSR count). The van der Waals surface area contributed by atoms with Crippen molar-refractivity contribution >= 4 is 15.9 Å². The quantitative estimate of drug-likeness (QED) is 0.697. The second kappa shape index (κ2) is 9.18. The molecular weight excluding hydrogens is 400 g/mol. The highest BCUT2D eigenvalue weighted by Gasteiger charge is 2.27. The molecule has 0 saturated heterocycles. The molecule has 0 fully saturated rings. The highest BCUT2D eigenvalue weighted by atomic mass is 32.2. The summed E-state index contributed by atoms with van der Waals surface area (Å²) in [6, 6.07) is 6.42. The number of amides is 1. The maximum atomic E-state index is 13.1. The molecule has 2 N–H and O–H groups in total. The molecule has 0 heterocycles. The monoisotopic (exact) mass is 432 g/mol. The van der Waals surface area contributed by atoms with Crippen molar-refractivity contribution in [3.05, 3.63) is 57.6 Å². The molecule has 0 aromatic heterocycles. The van der Waals surface area contributed by atoms with Crippen molar-refractivity contribution in [3.63, 3.8) is 0 Å². The first-order valence-corrected chi connectivity index (χ1v) is 11.4. The number of aryl methyl sites for hydroxylation is 3. The van der Waals surface area contributed by atoms with Crippen molar-refractivity contribution in [2.75, 3.05) is 7.11 Å². The lowest BCUT2D eigenvalue weighted by Crippen LogP contribution is -2.45. The van der Waals surface area contributed by atoms with E-state index in [1.165, 1.54) is 0 Å². The van der Waals surface area contributed by atoms with Gasteiger partial charge in [-0.2, -0.15) is 4.72 Å². The van der Waals surface area contributed by atoms with Gasteiger partial charge in [-0.05, 0) is 76.8 Å². The van der Waals surface area contributed by atoms with Crippen LogP contribution < -0.4 is 14.8 Å². The molecule has 2 aromatic carbocycles. The van der Waals surface area contributed by atoms with Gasteiger partial charge in [-0.3, -0.25) is 4.79 Å². The van der Waals surface area contributed by atoms with Crippen LogP contribution in [0.3, 0.4) is 0 Å². The Morgan fingerprint density at radius 1 is 0.967 bits per heavy atom. The third-order valence-corrected chi connectivity index (χ3v) is 7.32. The highest BCUT2D eigenvalue weighted by molar-refractivity contribution is 7.89. The summed E-state index contributed by atoms with van der Waals surface area (Å²) in [6.45, 7) is 12.7. The van der Waals surface area contributed by atoms with Gasteiger partial charge in [-0.1, -0.05) is 23.8 Å². The van der Waals surface area contributed by atoms with Crippen molar-refractivity contribution in [2.24, 2.45) is 0 Å². The molecule has 7 heteroatoms. The van der Waals surface area contributed by atoms with Gasteiger partial charge in [0.25, 0.3) is 0 Å². The van der Waals surface area contributed by atoms with Gasteiger partial charge >= 0.3 is 0 Å². The average Bonchev–Trinajstić information content (AvgIpc) is 2.65. The van der Waals surface area contributed by atoms with Crippen LogP contribution in [-0.4, -0.2) is 27.5 Å². The lowest BCUT2D eigenvalue weighted by atomic mass is 10.0. The minimum atomic E-state index is -3.87. The summed E-state index contributed by atoms with van der Waals surface area (Å²) in [7, 11) is -2.29. The Morgan fingerprint density at radius 2 is 1.53 bits per heavy atom. The van der Waals surface area contributed by atoms with Crippen LogP contribution >= 0.6 is 0 Å². The van der Waals surface area contributed by atoms with E-state index in [4.69, 9.17) is 4.74 Å². The van der Waals surface area contributed by atoms with E-state index in [9.17, 15) is 13.2 Å². The topological polar surface area (TPSA) is 84.5 Å². The zero-order valence-corrected chi connectivity index (χ0v) is 19.8. The van der Waals surface area contributed by atoms with Crippen LogP contribution in [0.4, 0.5) is 0 Å². The molecule has 6 nitrogen and oxygen atoms in total. The van der Waals surface area contributed by atoms with E-state index in [-0.39, 0.29) is 10.9 Å². The van der Waals surface area contributed by atoms with Gasteiger partial charge in [-0.15, -0.1) is 0 Å². The third-order valence-electron chi connectivity index (χ3n) is 5.50. The van der Waals surface area contributed by atoms with Gasteiger partial charge in [0.05, 0.1) is 24.1 Å². The van der Waals surface area contributed by atoms with E-state index < -0.39 is 22.0 Å². The van der Waals surface area contributed by atoms with Crippen molar-refractivity contribution < 1.29 is 17.9 Å². The van der Waals surface area contributed by atoms with E-state index in [0.717, 1.165) is 22.3 Å². The van der Waals surface area contributed by atoms with Crippen LogP contribution in [0.25, 0.3) is 0 Å². The Bertz CT molecular complexity index is 1040. The van der Waals surface area contributed by atoms with E-state index in [2.05, 4.69) is 10.0 Å². The molecule has 2 atom stereocenters. The molecule has 0 aliphatic carbocycles. The van der Waals surface area contributed by atoms with Gasteiger partial charge in [-0.25, -0.2) is 8.42 Å². The van der Waals surface area contributed by atoms with E-state index in [1.807, 2.05) is 52.0 Å². The van der Waals surface area contributed by atoms with Crippen LogP contribution in [0.5, 0.6) is 5.75 Å². The Morgan fingerprint density at radius 3 is 2.07 bits per heavy atom. The molecule has 164 valence electrons. The second-order valence-corrected chi connectivity index (χ2v) is 9.56. The summed E-state index contributed by atoms with van der Waals surface area (Å²) in [5, 5.41) is 2.88. The molecule has 1 amide bonds. The van der Waals surface area contributed by atoms with Crippen LogP contribution in [0.15, 0.2) is 29.2 Å². The summed E-state index contributed by atoms with van der Waals surface area (Å²) in [6.07, 6.45) is 0. The molecule has 0 spiro atoms. The zero-order chi connectivity index (χ0) is 22.8. The predicted octanol–water partition coefficient (Wildman–Crippen LogP) is 3.78. The number of benzene rings is 2. The van der Waals surface area contributed by atoms with Gasteiger partial charge in [0.2, 0.25) is 15.9 Å². The number of nitrogens with one attached hydrogen (secondary N) is 2. The summed E-state index contributed by atoms with van der Waals surface area (Å²) in [5.41, 5.74) is 5.06. The SMILES string of the molecule is COc1ccc(C)cc1C(C)NC(=O)[C@H](C)NS(=O)(=O)c1c(C)c(C)cc(C)c1C. The lowest BCUT2D eigenvalue weighted by Gasteiger charge is -2.22. The molecule has 30 heavy (non-hydrogen) atoms. The number of carbonyl (C=O) groups is 1. The first kappa shape index (κ1) is 23.9. The standard InChI is InChI=1S/C23H32N2O4S/c1-13-9-10-21(29-8)20(11-13)18(6)24-23(26)19(7)25-30(27,28)22-16(4)14(2)12-15(3)17(22)5/h9-12,18-19,25H,1-8H3,(H,24,26)/t18?,19-/m0/s1. The summed E-state index contributed by atoms with van der Waals surface area (Å²) in [4.78, 5) is 13.0. The maximum Gasteiger partial charge on any atom is 0.241 e. The zero-order valence-electron chi connectivity index (χ0n) is 19.0. The number of hydrogen-bond acceptors (Lipinski definition) is 4. The first-order chi connectivity index (χ1) is 13.9. The number of methoxy groups -OCH3 is 1. The van der Waals surface area contributed by atoms with E-state index in [1.54, 1.807) is 27.9 Å². The summed E-state index contributed by atoms with van der Waals surface area (Å²) in [5.74, 6) is 0.262. The summed E-state index contributed by atoms with van der Waals surface area (Å²) < 4.78 is 34.1. The fraction of sp³-hybridized carbons (Fsp3) is 0.435. The number of hydrogen-bond donors (Lipinski definition) is 2. The van der Waals surface area contributed by atoms with Crippen LogP contribution in [-0.2, 0) is 14.8 Å². The van der Waals surface area contributed by atoms with Gasteiger partial charge in [0.1, 0.15) is 5.75 Å². The first-order valence-electron chi connectivity index (χ1n) is 9.93. The van der Waals surface area contributed by atoms with Gasteiger partial charge in [0, 0.05) is 5.56 Å². The van der Waals surface area contributed by atoms with Crippen LogP contribution in [0, 0.1) is 34.6 Å². The van der Waals surface area contributed by atoms with Crippen LogP contribution in [0.1, 0.15) is 53.3 Å². The number of rotatable bonds is 7. The molecule has 2 aromatic rings. The van der Waals surface area contributed by atoms with Crippen molar-refractivity contribution in [1.29, 1.82) is 0 Å². The Kier molecular flexibility index (Phi) is 7.31.